The van der Waals surface area contributed by atoms with Gasteiger partial charge in [-0.15, -0.1) is 0 Å². The normalized spacial score (nSPS) is 10.8. The molecular weight excluding hydrogens is 261 g/mol. The number of rotatable bonds is 2. The molecule has 0 aliphatic rings. The molecule has 0 atom stereocenters. The van der Waals surface area contributed by atoms with E-state index in [1.807, 2.05) is 0 Å². The largest absolute Gasteiger partial charge is 0.505 e. The molecule has 1 aromatic carbocycles. The first-order valence-corrected chi connectivity index (χ1v) is 5.75. The molecule has 0 heterocycles. The van der Waals surface area contributed by atoms with E-state index in [9.17, 15) is 9.18 Å². The van der Waals surface area contributed by atoms with Gasteiger partial charge in [0.2, 0.25) is 0 Å². The average molecular weight is 269 g/mol. The topological polar surface area (TPSA) is 106 Å². The van der Waals surface area contributed by atoms with Gasteiger partial charge in [-0.25, -0.2) is 14.2 Å². The molecule has 0 saturated heterocycles. The van der Waals surface area contributed by atoms with Crippen LogP contribution in [0.1, 0.15) is 10.4 Å². The molecule has 0 aliphatic heterocycles. The summed E-state index contributed by atoms with van der Waals surface area (Å²) in [5.74, 6) is -3.12. The van der Waals surface area contributed by atoms with Crippen LogP contribution in [0.5, 0.6) is 5.75 Å². The molecule has 6 nitrogen and oxygen atoms in total. The van der Waals surface area contributed by atoms with Gasteiger partial charge in [0, 0.05) is 6.07 Å². The van der Waals surface area contributed by atoms with Crippen LogP contribution in [0.2, 0.25) is 0 Å². The fourth-order valence-corrected chi connectivity index (χ4v) is 1.43. The fraction of sp³-hybridized carbons (Fsp3) is 0.100. The highest BCUT2D eigenvalue weighted by molar-refractivity contribution is 8.13. The Morgan fingerprint density at radius 1 is 1.61 bits per heavy atom. The zero-order valence-corrected chi connectivity index (χ0v) is 9.95. The van der Waals surface area contributed by atoms with Crippen LogP contribution in [0.25, 0.3) is 0 Å². The van der Waals surface area contributed by atoms with E-state index in [0.29, 0.717) is 0 Å². The minimum atomic E-state index is -1.36. The maximum absolute atomic E-state index is 13.2. The van der Waals surface area contributed by atoms with Crippen molar-refractivity contribution >= 4 is 28.6 Å². The summed E-state index contributed by atoms with van der Waals surface area (Å²) in [5, 5.41) is 28.8. The van der Waals surface area contributed by atoms with E-state index >= 15 is 0 Å². The molecule has 3 N–H and O–H groups in total. The number of nitriles is 1. The number of aliphatic imine (C=N–C) groups is 1. The Hall–Kier alpha value is -2.27. The summed E-state index contributed by atoms with van der Waals surface area (Å²) in [4.78, 5) is 14.7. The predicted octanol–water partition coefficient (Wildman–Crippen LogP) is 1.65. The second-order valence-corrected chi connectivity index (χ2v) is 3.78. The first kappa shape index (κ1) is 13.8. The number of amidine groups is 1. The van der Waals surface area contributed by atoms with Crippen molar-refractivity contribution in [3.05, 3.63) is 23.5 Å². The molecule has 0 unspecified atom stereocenters. The van der Waals surface area contributed by atoms with Gasteiger partial charge in [-0.3, -0.25) is 5.32 Å². The zero-order chi connectivity index (χ0) is 13.7. The molecule has 0 spiro atoms. The average Bonchev–Trinajstić information content (AvgIpc) is 2.32. The first-order chi connectivity index (χ1) is 8.49. The Morgan fingerprint density at radius 2 is 2.28 bits per heavy atom. The lowest BCUT2D eigenvalue weighted by molar-refractivity contribution is 0.0697. The van der Waals surface area contributed by atoms with E-state index < -0.39 is 17.5 Å². The van der Waals surface area contributed by atoms with Crippen molar-refractivity contribution in [2.45, 2.75) is 0 Å². The van der Waals surface area contributed by atoms with Crippen molar-refractivity contribution in [3.8, 4) is 11.9 Å². The molecule has 0 radical (unpaired) electrons. The molecule has 8 heteroatoms. The van der Waals surface area contributed by atoms with Crippen molar-refractivity contribution in [2.75, 3.05) is 6.26 Å². The lowest BCUT2D eigenvalue weighted by Crippen LogP contribution is -2.13. The molecule has 0 aliphatic carbocycles. The van der Waals surface area contributed by atoms with Crippen LogP contribution >= 0.6 is 11.8 Å². The van der Waals surface area contributed by atoms with Gasteiger partial charge in [-0.1, -0.05) is 11.8 Å². The van der Waals surface area contributed by atoms with Crippen molar-refractivity contribution in [1.82, 2.24) is 5.32 Å². The van der Waals surface area contributed by atoms with Gasteiger partial charge >= 0.3 is 5.97 Å². The Morgan fingerprint density at radius 3 is 2.78 bits per heavy atom. The molecule has 1 aromatic rings. The van der Waals surface area contributed by atoms with Gasteiger partial charge in [0.15, 0.2) is 22.9 Å². The fourth-order valence-electron chi connectivity index (χ4n) is 1.10. The molecule has 0 amide bonds. The molecule has 0 aromatic heterocycles. The molecular formula is C10H8FN3O3S. The standard InChI is InChI=1S/C10H8FN3O3S/c1-18-10(13-4-12)14-7-3-6(11)8(15)2-5(7)9(16)17/h2-3,15H,1H3,(H,13,14)(H,16,17). The zero-order valence-electron chi connectivity index (χ0n) is 9.14. The number of carboxylic acids is 1. The number of benzene rings is 1. The van der Waals surface area contributed by atoms with E-state index in [1.54, 1.807) is 12.4 Å². The number of halogens is 1. The van der Waals surface area contributed by atoms with Crippen LogP contribution in [0.4, 0.5) is 10.1 Å². The van der Waals surface area contributed by atoms with Crippen molar-refractivity contribution in [2.24, 2.45) is 4.99 Å². The van der Waals surface area contributed by atoms with E-state index in [-0.39, 0.29) is 16.4 Å². The van der Waals surface area contributed by atoms with Gasteiger partial charge in [-0.05, 0) is 12.3 Å². The lowest BCUT2D eigenvalue weighted by atomic mass is 10.1. The van der Waals surface area contributed by atoms with Crippen molar-refractivity contribution < 1.29 is 19.4 Å². The number of aromatic hydroxyl groups is 1. The van der Waals surface area contributed by atoms with Gasteiger partial charge in [0.05, 0.1) is 11.3 Å². The van der Waals surface area contributed by atoms with E-state index in [4.69, 9.17) is 15.5 Å². The Balaban J connectivity index is 3.35. The lowest BCUT2D eigenvalue weighted by Gasteiger charge is -2.05. The smallest absolute Gasteiger partial charge is 0.338 e. The summed E-state index contributed by atoms with van der Waals surface area (Å²) < 4.78 is 13.2. The third-order valence-corrected chi connectivity index (χ3v) is 2.45. The van der Waals surface area contributed by atoms with Crippen LogP contribution in [-0.2, 0) is 0 Å². The maximum atomic E-state index is 13.2. The number of phenols is 1. The van der Waals surface area contributed by atoms with Gasteiger partial charge in [-0.2, -0.15) is 5.26 Å². The highest BCUT2D eigenvalue weighted by Gasteiger charge is 2.15. The number of thioether (sulfide) groups is 1. The van der Waals surface area contributed by atoms with Gasteiger partial charge < -0.3 is 10.2 Å². The molecule has 0 fully saturated rings. The van der Waals surface area contributed by atoms with Gasteiger partial charge in [0.25, 0.3) is 0 Å². The molecule has 0 saturated carbocycles. The number of hydrogen-bond donors (Lipinski definition) is 3. The van der Waals surface area contributed by atoms with Crippen molar-refractivity contribution in [1.29, 1.82) is 5.26 Å². The summed E-state index contributed by atoms with van der Waals surface area (Å²) in [5.41, 5.74) is -0.551. The van der Waals surface area contributed by atoms with Crippen molar-refractivity contribution in [3.63, 3.8) is 0 Å². The third-order valence-electron chi connectivity index (χ3n) is 1.87. The highest BCUT2D eigenvalue weighted by Crippen LogP contribution is 2.28. The summed E-state index contributed by atoms with van der Waals surface area (Å²) in [7, 11) is 0. The van der Waals surface area contributed by atoms with Crippen LogP contribution in [-0.4, -0.2) is 27.6 Å². The number of nitrogens with zero attached hydrogens (tertiary/aromatic N) is 2. The van der Waals surface area contributed by atoms with E-state index in [2.05, 4.69) is 10.3 Å². The number of nitrogens with one attached hydrogen (secondary N) is 1. The van der Waals surface area contributed by atoms with Gasteiger partial charge in [0.1, 0.15) is 0 Å². The summed E-state index contributed by atoms with van der Waals surface area (Å²) in [6.07, 6.45) is 3.23. The van der Waals surface area contributed by atoms with E-state index in [0.717, 1.165) is 23.9 Å². The summed E-state index contributed by atoms with van der Waals surface area (Å²) in [6, 6.07) is 1.55. The summed E-state index contributed by atoms with van der Waals surface area (Å²) in [6.45, 7) is 0. The number of carbonyl (C=O) groups is 1. The number of phenolic OH excluding ortho intramolecular Hbond substituents is 1. The Bertz CT molecular complexity index is 554. The third kappa shape index (κ3) is 3.11. The maximum Gasteiger partial charge on any atom is 0.338 e. The van der Waals surface area contributed by atoms with E-state index in [1.165, 1.54) is 0 Å². The second kappa shape index (κ2) is 5.88. The SMILES string of the molecule is CSC(=Nc1cc(F)c(O)cc1C(=O)O)NC#N. The minimum Gasteiger partial charge on any atom is -0.505 e. The number of aromatic carboxylic acids is 1. The first-order valence-electron chi connectivity index (χ1n) is 4.53. The predicted molar refractivity (Wildman–Crippen MR) is 64.4 cm³/mol. The quantitative estimate of drug-likeness (QED) is 0.326. The molecule has 1 rings (SSSR count). The highest BCUT2D eigenvalue weighted by atomic mass is 32.2. The van der Waals surface area contributed by atoms with Crippen LogP contribution in [0.15, 0.2) is 17.1 Å². The van der Waals surface area contributed by atoms with Crippen LogP contribution in [0, 0.1) is 17.3 Å². The Labute approximate surface area is 106 Å². The molecule has 0 bridgehead atoms. The second-order valence-electron chi connectivity index (χ2n) is 2.98. The molecule has 18 heavy (non-hydrogen) atoms. The minimum absolute atomic E-state index is 0.116. The Kier molecular flexibility index (Phi) is 4.51. The summed E-state index contributed by atoms with van der Waals surface area (Å²) >= 11 is 1.06. The molecule has 94 valence electrons. The number of hydrogen-bond acceptors (Lipinski definition) is 5. The monoisotopic (exact) mass is 269 g/mol. The van der Waals surface area contributed by atoms with Crippen LogP contribution in [0.3, 0.4) is 0 Å². The van der Waals surface area contributed by atoms with Crippen LogP contribution < -0.4 is 5.32 Å². The number of carboxylic acid groups (broad SMARTS) is 1.